The summed E-state index contributed by atoms with van der Waals surface area (Å²) in [7, 11) is 2.52. The number of hydrogen-bond acceptors (Lipinski definition) is 8. The number of amides is 3. The second-order valence-electron chi connectivity index (χ2n) is 9.26. The maximum Gasteiger partial charge on any atom is 0.423 e. The number of ketones is 2. The molecule has 36 heavy (non-hydrogen) atoms. The number of ether oxygens (including phenoxy) is 2. The Morgan fingerprint density at radius 1 is 1.11 bits per heavy atom. The third kappa shape index (κ3) is 3.37. The monoisotopic (exact) mass is 603 g/mol. The van der Waals surface area contributed by atoms with Gasteiger partial charge in [0.25, 0.3) is 0 Å². The van der Waals surface area contributed by atoms with E-state index in [-0.39, 0.29) is 35.9 Å². The zero-order valence-corrected chi connectivity index (χ0v) is 21.8. The molecular weight excluding hydrogens is 581 g/mol. The van der Waals surface area contributed by atoms with E-state index >= 15 is 0 Å². The predicted octanol–water partition coefficient (Wildman–Crippen LogP) is 3.20. The number of aromatic hydroxyl groups is 1. The average Bonchev–Trinajstić information content (AvgIpc) is 3.12. The number of carbonyl (C=O) groups excluding carboxylic acids is 5. The number of carbonyl (C=O) groups is 5. The molecule has 4 aliphatic rings. The van der Waals surface area contributed by atoms with Gasteiger partial charge in [-0.25, -0.2) is 4.79 Å². The minimum absolute atomic E-state index is 0.0477. The topological polar surface area (TPSA) is 127 Å². The minimum Gasteiger partial charge on any atom is -0.504 e. The van der Waals surface area contributed by atoms with Gasteiger partial charge in [0.2, 0.25) is 11.8 Å². The summed E-state index contributed by atoms with van der Waals surface area (Å²) < 4.78 is 10.5. The highest BCUT2D eigenvalue weighted by Crippen LogP contribution is 2.55. The van der Waals surface area contributed by atoms with Crippen LogP contribution >= 0.6 is 22.6 Å². The number of fused-ring (bicyclic) bond motifs is 3. The molecule has 0 unspecified atom stereocenters. The maximum absolute atomic E-state index is 13.4. The van der Waals surface area contributed by atoms with Gasteiger partial charge in [-0.1, -0.05) is 11.6 Å². The number of phenolic OH excluding ortho intramolecular Hbond substituents is 1. The molecule has 0 saturated carbocycles. The Kier molecular flexibility index (Phi) is 5.89. The van der Waals surface area contributed by atoms with Crippen LogP contribution in [0.25, 0.3) is 0 Å². The summed E-state index contributed by atoms with van der Waals surface area (Å²) in [6.45, 7) is 1.59. The number of phenols is 1. The van der Waals surface area contributed by atoms with E-state index in [0.29, 0.717) is 30.8 Å². The van der Waals surface area contributed by atoms with Crippen molar-refractivity contribution < 1.29 is 38.6 Å². The first-order valence-corrected chi connectivity index (χ1v) is 12.4. The summed E-state index contributed by atoms with van der Waals surface area (Å²) in [5.74, 6) is -4.55. The Morgan fingerprint density at radius 2 is 1.83 bits per heavy atom. The molecule has 186 valence electrons. The lowest BCUT2D eigenvalue weighted by molar-refractivity contribution is -0.137. The molecule has 5 rings (SSSR count). The standard InChI is InChI=1S/C26H22INO8/c1-10-6-17(29)15-9-14-12(4-5-13-20(14)25(33)28(24(13)32)26(34)36-3)19(21(15)22(10)30)11-7-16(27)23(31)18(8-11)35-2/h4,6-8,13-14,19-20,31H,5,9H2,1-3H3/t13-,14+,19-,20-/m0/s1. The van der Waals surface area contributed by atoms with Crippen LogP contribution in [-0.2, 0) is 23.9 Å². The normalized spacial score (nSPS) is 27.3. The summed E-state index contributed by atoms with van der Waals surface area (Å²) in [6.07, 6.45) is 2.43. The third-order valence-corrected chi connectivity index (χ3v) is 8.35. The molecule has 1 fully saturated rings. The summed E-state index contributed by atoms with van der Waals surface area (Å²) in [6, 6.07) is 3.34. The lowest BCUT2D eigenvalue weighted by Gasteiger charge is -2.42. The van der Waals surface area contributed by atoms with Crippen molar-refractivity contribution in [3.05, 3.63) is 55.7 Å². The van der Waals surface area contributed by atoms with Crippen molar-refractivity contribution >= 4 is 52.1 Å². The van der Waals surface area contributed by atoms with E-state index in [1.165, 1.54) is 13.2 Å². The Balaban J connectivity index is 1.71. The molecule has 1 aromatic carbocycles. The Bertz CT molecular complexity index is 1370. The molecule has 0 aromatic heterocycles. The number of nitrogens with zero attached hydrogens (tertiary/aromatic N) is 1. The van der Waals surface area contributed by atoms with Crippen molar-refractivity contribution in [2.75, 3.05) is 14.2 Å². The van der Waals surface area contributed by atoms with Crippen LogP contribution in [0.3, 0.4) is 0 Å². The number of imide groups is 3. The highest BCUT2D eigenvalue weighted by Gasteiger charge is 2.58. The smallest absolute Gasteiger partial charge is 0.423 e. The van der Waals surface area contributed by atoms with E-state index in [2.05, 4.69) is 4.74 Å². The largest absolute Gasteiger partial charge is 0.504 e. The van der Waals surface area contributed by atoms with Gasteiger partial charge in [-0.2, -0.15) is 4.90 Å². The second kappa shape index (κ2) is 8.68. The summed E-state index contributed by atoms with van der Waals surface area (Å²) in [5.41, 5.74) is 2.32. The fourth-order valence-corrected chi connectivity index (χ4v) is 6.55. The van der Waals surface area contributed by atoms with E-state index in [4.69, 9.17) is 4.74 Å². The molecule has 0 radical (unpaired) electrons. The molecule has 9 nitrogen and oxygen atoms in total. The molecule has 10 heteroatoms. The highest BCUT2D eigenvalue weighted by atomic mass is 127. The molecule has 1 aliphatic heterocycles. The molecule has 4 atom stereocenters. The first-order chi connectivity index (χ1) is 17.1. The van der Waals surface area contributed by atoms with E-state index in [9.17, 15) is 29.1 Å². The van der Waals surface area contributed by atoms with Gasteiger partial charge in [-0.05, 0) is 72.0 Å². The molecule has 3 amide bonds. The maximum atomic E-state index is 13.4. The second-order valence-corrected chi connectivity index (χ2v) is 10.4. The molecule has 0 bridgehead atoms. The van der Waals surface area contributed by atoms with Crippen LogP contribution in [0.5, 0.6) is 11.5 Å². The van der Waals surface area contributed by atoms with Crippen LogP contribution in [0.1, 0.15) is 31.2 Å². The molecule has 3 aliphatic carbocycles. The van der Waals surface area contributed by atoms with Gasteiger partial charge in [0.1, 0.15) is 0 Å². The van der Waals surface area contributed by atoms with Crippen molar-refractivity contribution in [2.45, 2.75) is 25.7 Å². The Hall–Kier alpha value is -3.28. The number of methoxy groups -OCH3 is 2. The molecule has 1 heterocycles. The zero-order chi connectivity index (χ0) is 26.0. The van der Waals surface area contributed by atoms with Crippen LogP contribution < -0.4 is 4.74 Å². The fraction of sp³-hybridized carbons (Fsp3) is 0.346. The Labute approximate surface area is 219 Å². The first kappa shape index (κ1) is 24.4. The number of allylic oxidation sites excluding steroid dienone is 6. The number of likely N-dealkylation sites (tertiary alicyclic amines) is 1. The number of Topliss-reactive ketones (excluding diaryl/α,β-unsaturated/α-hetero) is 1. The molecule has 1 aromatic rings. The summed E-state index contributed by atoms with van der Waals surface area (Å²) in [4.78, 5) is 65.6. The van der Waals surface area contributed by atoms with Gasteiger partial charge in [0, 0.05) is 22.6 Å². The van der Waals surface area contributed by atoms with E-state index in [1.807, 2.05) is 28.7 Å². The average molecular weight is 603 g/mol. The molecule has 0 spiro atoms. The van der Waals surface area contributed by atoms with Crippen molar-refractivity contribution in [2.24, 2.45) is 17.8 Å². The van der Waals surface area contributed by atoms with Crippen molar-refractivity contribution in [3.63, 3.8) is 0 Å². The highest BCUT2D eigenvalue weighted by molar-refractivity contribution is 14.1. The van der Waals surface area contributed by atoms with Crippen LogP contribution in [0.15, 0.2) is 46.6 Å². The molecular formula is C26H22INO8. The van der Waals surface area contributed by atoms with Gasteiger partial charge in [-0.15, -0.1) is 0 Å². The lowest BCUT2D eigenvalue weighted by Crippen LogP contribution is -2.40. The predicted molar refractivity (Wildman–Crippen MR) is 133 cm³/mol. The summed E-state index contributed by atoms with van der Waals surface area (Å²) in [5, 5.41) is 10.4. The van der Waals surface area contributed by atoms with E-state index in [0.717, 1.165) is 12.7 Å². The molecule has 1 N–H and O–H groups in total. The van der Waals surface area contributed by atoms with Gasteiger partial charge in [0.15, 0.2) is 23.1 Å². The van der Waals surface area contributed by atoms with Gasteiger partial charge < -0.3 is 14.6 Å². The fourth-order valence-electron chi connectivity index (χ4n) is 5.93. The van der Waals surface area contributed by atoms with Crippen molar-refractivity contribution in [1.82, 2.24) is 4.90 Å². The SMILES string of the molecule is COC(=O)N1C(=O)[C@H]2[C@H](CC=C3[C@H](c4cc(I)c(O)c(OC)c4)C4=C(C[C@H]32)C(=O)C=C(C)C4=O)C1=O. The lowest BCUT2D eigenvalue weighted by atomic mass is 9.59. The summed E-state index contributed by atoms with van der Waals surface area (Å²) >= 11 is 1.96. The van der Waals surface area contributed by atoms with Gasteiger partial charge >= 0.3 is 6.09 Å². The van der Waals surface area contributed by atoms with E-state index < -0.39 is 41.6 Å². The van der Waals surface area contributed by atoms with Crippen molar-refractivity contribution in [1.29, 1.82) is 0 Å². The number of hydrogen-bond donors (Lipinski definition) is 1. The minimum atomic E-state index is -1.03. The first-order valence-electron chi connectivity index (χ1n) is 11.3. The van der Waals surface area contributed by atoms with Crippen molar-refractivity contribution in [3.8, 4) is 11.5 Å². The quantitative estimate of drug-likeness (QED) is 0.237. The van der Waals surface area contributed by atoms with E-state index in [1.54, 1.807) is 19.1 Å². The Morgan fingerprint density at radius 3 is 2.50 bits per heavy atom. The van der Waals surface area contributed by atoms with Crippen LogP contribution in [0, 0.1) is 21.3 Å². The zero-order valence-electron chi connectivity index (χ0n) is 19.7. The molecule has 1 saturated heterocycles. The van der Waals surface area contributed by atoms with Crippen LogP contribution in [0.2, 0.25) is 0 Å². The van der Waals surface area contributed by atoms with Crippen LogP contribution in [0.4, 0.5) is 4.79 Å². The van der Waals surface area contributed by atoms with Crippen LogP contribution in [-0.4, -0.2) is 53.7 Å². The third-order valence-electron chi connectivity index (χ3n) is 7.53. The van der Waals surface area contributed by atoms with Gasteiger partial charge in [-0.3, -0.25) is 19.2 Å². The number of benzene rings is 1. The number of halogens is 1. The van der Waals surface area contributed by atoms with Gasteiger partial charge in [0.05, 0.1) is 29.6 Å². The number of rotatable bonds is 2.